The summed E-state index contributed by atoms with van der Waals surface area (Å²) in [5, 5.41) is 3.97. The quantitative estimate of drug-likeness (QED) is 0.412. The molecule has 1 amide bonds. The van der Waals surface area contributed by atoms with Crippen LogP contribution in [0.4, 0.5) is 5.69 Å². The van der Waals surface area contributed by atoms with Crippen LogP contribution in [0, 0.1) is 0 Å². The molecule has 0 bridgehead atoms. The maximum absolute atomic E-state index is 14.1. The highest BCUT2D eigenvalue weighted by atomic mass is 16.5. The average Bonchev–Trinajstić information content (AvgIpc) is 3.39. The first-order chi connectivity index (χ1) is 17.1. The number of ether oxygens (including phenoxy) is 2. The van der Waals surface area contributed by atoms with E-state index in [1.54, 1.807) is 14.0 Å². The summed E-state index contributed by atoms with van der Waals surface area (Å²) in [4.78, 5) is 31.6. The SMILES string of the molecule is CCOC(=O)[C@H]1c2c([nH]c3ccc(OC)cc23)C[C@H](c2ccccc2)[C@]12C(=O)Nc1ccccc12. The van der Waals surface area contributed by atoms with Crippen molar-refractivity contribution in [1.29, 1.82) is 0 Å². The van der Waals surface area contributed by atoms with Crippen LogP contribution < -0.4 is 10.1 Å². The fraction of sp³-hybridized carbons (Fsp3) is 0.241. The van der Waals surface area contributed by atoms with E-state index < -0.39 is 17.3 Å². The molecule has 1 spiro atoms. The van der Waals surface area contributed by atoms with Gasteiger partial charge in [-0.25, -0.2) is 0 Å². The predicted molar refractivity (Wildman–Crippen MR) is 134 cm³/mol. The van der Waals surface area contributed by atoms with Gasteiger partial charge in [0.2, 0.25) is 5.91 Å². The first-order valence-corrected chi connectivity index (χ1v) is 11.9. The molecule has 0 fully saturated rings. The number of amides is 1. The Labute approximate surface area is 203 Å². The molecule has 4 aromatic rings. The van der Waals surface area contributed by atoms with Crippen molar-refractivity contribution >= 4 is 28.5 Å². The first-order valence-electron chi connectivity index (χ1n) is 11.9. The van der Waals surface area contributed by atoms with E-state index in [1.807, 2.05) is 72.8 Å². The van der Waals surface area contributed by atoms with Gasteiger partial charge in [-0.05, 0) is 54.3 Å². The number of fused-ring (bicyclic) bond motifs is 5. The zero-order valence-corrected chi connectivity index (χ0v) is 19.6. The Hall–Kier alpha value is -4.06. The Morgan fingerprint density at radius 2 is 1.83 bits per heavy atom. The lowest BCUT2D eigenvalue weighted by molar-refractivity contribution is -0.150. The lowest BCUT2D eigenvalue weighted by atomic mass is 9.54. The zero-order chi connectivity index (χ0) is 24.2. The minimum absolute atomic E-state index is 0.173. The van der Waals surface area contributed by atoms with Crippen LogP contribution >= 0.6 is 0 Å². The summed E-state index contributed by atoms with van der Waals surface area (Å²) >= 11 is 0. The second-order valence-electron chi connectivity index (χ2n) is 9.15. The van der Waals surface area contributed by atoms with E-state index in [-0.39, 0.29) is 18.4 Å². The third-order valence-corrected chi connectivity index (χ3v) is 7.55. The molecule has 0 saturated carbocycles. The number of hydrogen-bond donors (Lipinski definition) is 2. The number of carbonyl (C=O) groups is 2. The van der Waals surface area contributed by atoms with Gasteiger partial charge in [0.05, 0.1) is 13.7 Å². The number of benzene rings is 3. The summed E-state index contributed by atoms with van der Waals surface area (Å²) < 4.78 is 11.2. The Kier molecular flexibility index (Phi) is 4.92. The van der Waals surface area contributed by atoms with E-state index in [1.165, 1.54) is 0 Å². The minimum Gasteiger partial charge on any atom is -0.497 e. The summed E-state index contributed by atoms with van der Waals surface area (Å²) in [6.07, 6.45) is 0.577. The zero-order valence-electron chi connectivity index (χ0n) is 19.6. The summed E-state index contributed by atoms with van der Waals surface area (Å²) in [5.41, 5.74) is 4.10. The molecular formula is C29H26N2O4. The number of esters is 1. The number of carbonyl (C=O) groups excluding carboxylic acids is 2. The van der Waals surface area contributed by atoms with Gasteiger partial charge in [0.15, 0.2) is 0 Å². The summed E-state index contributed by atoms with van der Waals surface area (Å²) in [6.45, 7) is 2.02. The van der Waals surface area contributed by atoms with Crippen molar-refractivity contribution in [3.8, 4) is 5.75 Å². The molecule has 35 heavy (non-hydrogen) atoms. The van der Waals surface area contributed by atoms with Gasteiger partial charge in [0, 0.05) is 28.2 Å². The monoisotopic (exact) mass is 466 g/mol. The average molecular weight is 467 g/mol. The molecular weight excluding hydrogens is 440 g/mol. The van der Waals surface area contributed by atoms with E-state index in [0.29, 0.717) is 12.2 Å². The molecule has 2 N–H and O–H groups in total. The molecule has 176 valence electrons. The van der Waals surface area contributed by atoms with E-state index in [2.05, 4.69) is 10.3 Å². The van der Waals surface area contributed by atoms with Gasteiger partial charge in [-0.3, -0.25) is 9.59 Å². The maximum Gasteiger partial charge on any atom is 0.314 e. The Morgan fingerprint density at radius 1 is 1.06 bits per heavy atom. The van der Waals surface area contributed by atoms with Gasteiger partial charge in [-0.2, -0.15) is 0 Å². The second-order valence-corrected chi connectivity index (χ2v) is 9.15. The number of aromatic nitrogens is 1. The molecule has 0 saturated heterocycles. The molecule has 6 nitrogen and oxygen atoms in total. The largest absolute Gasteiger partial charge is 0.497 e. The van der Waals surface area contributed by atoms with Crippen molar-refractivity contribution in [2.45, 2.75) is 30.6 Å². The van der Waals surface area contributed by atoms with Gasteiger partial charge in [0.1, 0.15) is 17.1 Å². The fourth-order valence-corrected chi connectivity index (χ4v) is 6.19. The van der Waals surface area contributed by atoms with Crippen molar-refractivity contribution in [2.75, 3.05) is 19.0 Å². The number of nitrogens with one attached hydrogen (secondary N) is 2. The van der Waals surface area contributed by atoms with Crippen molar-refractivity contribution < 1.29 is 19.1 Å². The van der Waals surface area contributed by atoms with E-state index >= 15 is 0 Å². The summed E-state index contributed by atoms with van der Waals surface area (Å²) in [5.74, 6) is -0.985. The Balaban J connectivity index is 1.72. The van der Waals surface area contributed by atoms with Gasteiger partial charge >= 0.3 is 5.97 Å². The van der Waals surface area contributed by atoms with Crippen LogP contribution in [0.5, 0.6) is 5.75 Å². The molecule has 3 aromatic carbocycles. The summed E-state index contributed by atoms with van der Waals surface area (Å²) in [6, 6.07) is 23.5. The normalized spacial score (nSPS) is 22.5. The number of para-hydroxylation sites is 1. The number of hydrogen-bond acceptors (Lipinski definition) is 4. The standard InChI is InChI=1S/C29H26N2O4/c1-3-35-27(32)26-25-19-15-18(34-2)13-14-22(19)30-24(25)16-21(17-9-5-4-6-10-17)29(26)20-11-7-8-12-23(20)31-28(29)33/h4-15,21,26,30H,3,16H2,1-2H3,(H,31,33)/t21-,26-,29+/m1/s1. The molecule has 0 unspecified atom stereocenters. The maximum atomic E-state index is 14.1. The molecule has 1 aromatic heterocycles. The van der Waals surface area contributed by atoms with Gasteiger partial charge < -0.3 is 19.8 Å². The van der Waals surface area contributed by atoms with Crippen molar-refractivity contribution in [3.63, 3.8) is 0 Å². The Morgan fingerprint density at radius 3 is 2.60 bits per heavy atom. The second kappa shape index (κ2) is 8.01. The molecule has 1 aliphatic heterocycles. The molecule has 6 heteroatoms. The van der Waals surface area contributed by atoms with E-state index in [0.717, 1.165) is 39.0 Å². The number of rotatable bonds is 4. The van der Waals surface area contributed by atoms with E-state index in [9.17, 15) is 9.59 Å². The molecule has 1 aliphatic carbocycles. The highest BCUT2D eigenvalue weighted by Crippen LogP contribution is 2.60. The number of methoxy groups -OCH3 is 1. The van der Waals surface area contributed by atoms with E-state index in [4.69, 9.17) is 9.47 Å². The van der Waals surface area contributed by atoms with Gasteiger partial charge in [-0.15, -0.1) is 0 Å². The minimum atomic E-state index is -1.16. The Bertz CT molecular complexity index is 1460. The van der Waals surface area contributed by atoms with Crippen LogP contribution in [0.25, 0.3) is 10.9 Å². The highest BCUT2D eigenvalue weighted by molar-refractivity contribution is 6.12. The third kappa shape index (κ3) is 2.95. The lowest BCUT2D eigenvalue weighted by Crippen LogP contribution is -2.52. The molecule has 6 rings (SSSR count). The van der Waals surface area contributed by atoms with Crippen molar-refractivity contribution in [3.05, 3.63) is 95.2 Å². The van der Waals surface area contributed by atoms with Gasteiger partial charge in [-0.1, -0.05) is 48.5 Å². The molecule has 2 heterocycles. The highest BCUT2D eigenvalue weighted by Gasteiger charge is 2.63. The van der Waals surface area contributed by atoms with Crippen LogP contribution in [-0.4, -0.2) is 30.6 Å². The lowest BCUT2D eigenvalue weighted by Gasteiger charge is -2.45. The number of aromatic amines is 1. The van der Waals surface area contributed by atoms with Crippen LogP contribution in [0.3, 0.4) is 0 Å². The third-order valence-electron chi connectivity index (χ3n) is 7.55. The van der Waals surface area contributed by atoms with Crippen molar-refractivity contribution in [1.82, 2.24) is 4.98 Å². The van der Waals surface area contributed by atoms with Crippen LogP contribution in [0.15, 0.2) is 72.8 Å². The van der Waals surface area contributed by atoms with Crippen molar-refractivity contribution in [2.24, 2.45) is 0 Å². The molecule has 3 atom stereocenters. The predicted octanol–water partition coefficient (Wildman–Crippen LogP) is 5.05. The molecule has 2 aliphatic rings. The topological polar surface area (TPSA) is 80.4 Å². The van der Waals surface area contributed by atoms with Gasteiger partial charge in [0.25, 0.3) is 0 Å². The summed E-state index contributed by atoms with van der Waals surface area (Å²) in [7, 11) is 1.62. The van der Waals surface area contributed by atoms with Crippen LogP contribution in [-0.2, 0) is 26.2 Å². The molecule has 0 radical (unpaired) electrons. The number of anilines is 1. The first kappa shape index (κ1) is 21.5. The smallest absolute Gasteiger partial charge is 0.314 e. The fourth-order valence-electron chi connectivity index (χ4n) is 6.19. The number of H-pyrrole nitrogens is 1. The van der Waals surface area contributed by atoms with Crippen LogP contribution in [0.2, 0.25) is 0 Å². The van der Waals surface area contributed by atoms with Crippen LogP contribution in [0.1, 0.15) is 41.1 Å².